The summed E-state index contributed by atoms with van der Waals surface area (Å²) in [4.78, 5) is 14.4. The van der Waals surface area contributed by atoms with Gasteiger partial charge in [-0.05, 0) is 37.1 Å². The van der Waals surface area contributed by atoms with Gasteiger partial charge in [0, 0.05) is 19.2 Å². The standard InChI is InChI=1S/C25H27FN2O3/c1-25(2,31-22-14-13-20(26)15-21(22)27)23(24(29)30)28(16-18-9-5-3-6-10-18)17-19-11-7-4-8-12-19/h3-15,23H,16-17,27H2,1-2H3,(H,29,30). The number of aliphatic carboxylic acids is 1. The molecule has 162 valence electrons. The second-order valence-corrected chi connectivity index (χ2v) is 8.00. The molecule has 0 aliphatic carbocycles. The van der Waals surface area contributed by atoms with Gasteiger partial charge in [0.1, 0.15) is 23.2 Å². The minimum absolute atomic E-state index is 0.120. The Labute approximate surface area is 181 Å². The molecular weight excluding hydrogens is 395 g/mol. The Kier molecular flexibility index (Phi) is 6.92. The second kappa shape index (κ2) is 9.62. The van der Waals surface area contributed by atoms with Crippen molar-refractivity contribution in [3.63, 3.8) is 0 Å². The van der Waals surface area contributed by atoms with Gasteiger partial charge < -0.3 is 15.6 Å². The normalized spacial score (nSPS) is 12.5. The smallest absolute Gasteiger partial charge is 0.325 e. The molecule has 0 aliphatic rings. The summed E-state index contributed by atoms with van der Waals surface area (Å²) in [5.41, 5.74) is 6.83. The van der Waals surface area contributed by atoms with E-state index in [1.807, 2.05) is 65.6 Å². The summed E-state index contributed by atoms with van der Waals surface area (Å²) in [6.45, 7) is 4.24. The molecular formula is C25H27FN2O3. The number of carbonyl (C=O) groups is 1. The van der Waals surface area contributed by atoms with E-state index >= 15 is 0 Å². The average molecular weight is 423 g/mol. The Hall–Kier alpha value is -3.38. The molecule has 0 bridgehead atoms. The third kappa shape index (κ3) is 5.83. The van der Waals surface area contributed by atoms with Gasteiger partial charge in [0.25, 0.3) is 0 Å². The zero-order chi connectivity index (χ0) is 22.4. The number of nitrogens with zero attached hydrogens (tertiary/aromatic N) is 1. The first kappa shape index (κ1) is 22.3. The highest BCUT2D eigenvalue weighted by Gasteiger charge is 2.42. The molecule has 5 nitrogen and oxygen atoms in total. The van der Waals surface area contributed by atoms with E-state index in [-0.39, 0.29) is 11.4 Å². The van der Waals surface area contributed by atoms with Crippen molar-refractivity contribution in [2.24, 2.45) is 0 Å². The van der Waals surface area contributed by atoms with E-state index in [1.165, 1.54) is 12.1 Å². The molecule has 6 heteroatoms. The number of ether oxygens (including phenoxy) is 1. The van der Waals surface area contributed by atoms with Crippen molar-refractivity contribution in [1.29, 1.82) is 0 Å². The fourth-order valence-electron chi connectivity index (χ4n) is 3.72. The lowest BCUT2D eigenvalue weighted by Crippen LogP contribution is -2.56. The summed E-state index contributed by atoms with van der Waals surface area (Å²) < 4.78 is 19.5. The summed E-state index contributed by atoms with van der Waals surface area (Å²) in [7, 11) is 0. The van der Waals surface area contributed by atoms with Gasteiger partial charge in [0.05, 0.1) is 5.69 Å². The van der Waals surface area contributed by atoms with E-state index in [2.05, 4.69) is 0 Å². The van der Waals surface area contributed by atoms with Gasteiger partial charge in [-0.3, -0.25) is 9.69 Å². The third-order valence-electron chi connectivity index (χ3n) is 5.06. The zero-order valence-electron chi connectivity index (χ0n) is 17.7. The Bertz CT molecular complexity index is 968. The number of benzene rings is 3. The van der Waals surface area contributed by atoms with Crippen molar-refractivity contribution < 1.29 is 19.0 Å². The number of carboxylic acids is 1. The molecule has 0 heterocycles. The number of anilines is 1. The van der Waals surface area contributed by atoms with Gasteiger partial charge in [-0.15, -0.1) is 0 Å². The highest BCUT2D eigenvalue weighted by molar-refractivity contribution is 5.75. The monoisotopic (exact) mass is 422 g/mol. The fourth-order valence-corrected chi connectivity index (χ4v) is 3.72. The van der Waals surface area contributed by atoms with Crippen molar-refractivity contribution in [1.82, 2.24) is 4.90 Å². The molecule has 1 unspecified atom stereocenters. The summed E-state index contributed by atoms with van der Waals surface area (Å²) in [6.07, 6.45) is 0. The summed E-state index contributed by atoms with van der Waals surface area (Å²) in [5.74, 6) is -1.25. The van der Waals surface area contributed by atoms with Crippen molar-refractivity contribution in [2.75, 3.05) is 5.73 Å². The first-order valence-corrected chi connectivity index (χ1v) is 10.0. The lowest BCUT2D eigenvalue weighted by atomic mass is 9.95. The van der Waals surface area contributed by atoms with Gasteiger partial charge in [-0.2, -0.15) is 0 Å². The van der Waals surface area contributed by atoms with Crippen LogP contribution < -0.4 is 10.5 Å². The number of nitrogen functional groups attached to an aromatic ring is 1. The van der Waals surface area contributed by atoms with Gasteiger partial charge in [0.2, 0.25) is 0 Å². The molecule has 0 radical (unpaired) electrons. The topological polar surface area (TPSA) is 75.8 Å². The van der Waals surface area contributed by atoms with E-state index in [9.17, 15) is 14.3 Å². The molecule has 0 saturated carbocycles. The van der Waals surface area contributed by atoms with Crippen LogP contribution in [0.1, 0.15) is 25.0 Å². The molecule has 3 rings (SSSR count). The number of hydrogen-bond acceptors (Lipinski definition) is 4. The molecule has 1 atom stereocenters. The second-order valence-electron chi connectivity index (χ2n) is 8.00. The van der Waals surface area contributed by atoms with E-state index in [4.69, 9.17) is 10.5 Å². The largest absolute Gasteiger partial charge is 0.483 e. The van der Waals surface area contributed by atoms with Crippen LogP contribution in [-0.2, 0) is 17.9 Å². The Morgan fingerprint density at radius 3 is 1.97 bits per heavy atom. The molecule has 0 amide bonds. The molecule has 0 saturated heterocycles. The molecule has 3 N–H and O–H groups in total. The molecule has 0 aliphatic heterocycles. The van der Waals surface area contributed by atoms with Gasteiger partial charge in [0.15, 0.2) is 0 Å². The van der Waals surface area contributed by atoms with Crippen LogP contribution in [0.2, 0.25) is 0 Å². The van der Waals surface area contributed by atoms with E-state index < -0.39 is 23.4 Å². The minimum Gasteiger partial charge on any atom is -0.483 e. The Morgan fingerprint density at radius 1 is 1.00 bits per heavy atom. The number of halogens is 1. The van der Waals surface area contributed by atoms with Gasteiger partial charge in [-0.25, -0.2) is 4.39 Å². The van der Waals surface area contributed by atoms with Crippen LogP contribution in [0.4, 0.5) is 10.1 Å². The summed E-state index contributed by atoms with van der Waals surface area (Å²) in [6, 6.07) is 22.2. The van der Waals surface area contributed by atoms with Crippen LogP contribution in [0, 0.1) is 5.82 Å². The lowest BCUT2D eigenvalue weighted by molar-refractivity contribution is -0.152. The number of hydrogen-bond donors (Lipinski definition) is 2. The summed E-state index contributed by atoms with van der Waals surface area (Å²) in [5, 5.41) is 10.2. The third-order valence-corrected chi connectivity index (χ3v) is 5.06. The Morgan fingerprint density at radius 2 is 1.52 bits per heavy atom. The van der Waals surface area contributed by atoms with Crippen molar-refractivity contribution in [3.8, 4) is 5.75 Å². The average Bonchev–Trinajstić information content (AvgIpc) is 2.71. The maximum absolute atomic E-state index is 13.4. The minimum atomic E-state index is -1.17. The molecule has 0 aromatic heterocycles. The molecule has 31 heavy (non-hydrogen) atoms. The van der Waals surface area contributed by atoms with Crippen LogP contribution in [0.25, 0.3) is 0 Å². The maximum Gasteiger partial charge on any atom is 0.325 e. The highest BCUT2D eigenvalue weighted by atomic mass is 19.1. The Balaban J connectivity index is 1.95. The van der Waals surface area contributed by atoms with Gasteiger partial charge >= 0.3 is 5.97 Å². The van der Waals surface area contributed by atoms with Crippen LogP contribution >= 0.6 is 0 Å². The van der Waals surface area contributed by atoms with Crippen LogP contribution in [0.5, 0.6) is 5.75 Å². The molecule has 0 fully saturated rings. The molecule has 3 aromatic carbocycles. The van der Waals surface area contributed by atoms with Gasteiger partial charge in [-0.1, -0.05) is 60.7 Å². The van der Waals surface area contributed by atoms with Crippen molar-refractivity contribution in [3.05, 3.63) is 95.8 Å². The first-order chi connectivity index (χ1) is 14.8. The maximum atomic E-state index is 13.4. The number of nitrogens with two attached hydrogens (primary N) is 1. The van der Waals surface area contributed by atoms with Crippen molar-refractivity contribution >= 4 is 11.7 Å². The van der Waals surface area contributed by atoms with E-state index in [0.717, 1.165) is 17.2 Å². The highest BCUT2D eigenvalue weighted by Crippen LogP contribution is 2.31. The van der Waals surface area contributed by atoms with E-state index in [1.54, 1.807) is 13.8 Å². The summed E-state index contributed by atoms with van der Waals surface area (Å²) >= 11 is 0. The zero-order valence-corrected chi connectivity index (χ0v) is 17.7. The van der Waals surface area contributed by atoms with E-state index in [0.29, 0.717) is 13.1 Å². The lowest BCUT2D eigenvalue weighted by Gasteiger charge is -2.39. The fraction of sp³-hybridized carbons (Fsp3) is 0.240. The molecule has 3 aromatic rings. The predicted molar refractivity (Wildman–Crippen MR) is 119 cm³/mol. The molecule has 0 spiro atoms. The quantitative estimate of drug-likeness (QED) is 0.488. The van der Waals surface area contributed by atoms with Crippen LogP contribution in [0.15, 0.2) is 78.9 Å². The number of rotatable bonds is 9. The first-order valence-electron chi connectivity index (χ1n) is 10.0. The van der Waals surface area contributed by atoms with Crippen LogP contribution in [-0.4, -0.2) is 27.6 Å². The van der Waals surface area contributed by atoms with Crippen molar-refractivity contribution in [2.45, 2.75) is 38.6 Å². The van der Waals surface area contributed by atoms with Crippen LogP contribution in [0.3, 0.4) is 0 Å². The SMILES string of the molecule is CC(C)(Oc1ccc(F)cc1N)C(C(=O)O)N(Cc1ccccc1)Cc1ccccc1. The predicted octanol–water partition coefficient (Wildman–Crippen LogP) is 4.72. The number of carboxylic acid groups (broad SMARTS) is 1.